The van der Waals surface area contributed by atoms with Gasteiger partial charge in [-0.15, -0.1) is 0 Å². The zero-order valence-corrected chi connectivity index (χ0v) is 11.6. The largest absolute Gasteiger partial charge is 0.383 e. The molecule has 1 amide bonds. The highest BCUT2D eigenvalue weighted by molar-refractivity contribution is 9.09. The fourth-order valence-corrected chi connectivity index (χ4v) is 2.54. The van der Waals surface area contributed by atoms with Crippen LogP contribution in [-0.2, 0) is 9.53 Å². The molecule has 94 valence electrons. The maximum Gasteiger partial charge on any atom is 0.223 e. The second kappa shape index (κ2) is 8.07. The van der Waals surface area contributed by atoms with E-state index in [1.54, 1.807) is 7.11 Å². The van der Waals surface area contributed by atoms with Crippen LogP contribution in [0.4, 0.5) is 0 Å². The number of nitrogens with one attached hydrogen (secondary N) is 1. The van der Waals surface area contributed by atoms with E-state index < -0.39 is 0 Å². The molecule has 0 saturated heterocycles. The number of hydrogen-bond acceptors (Lipinski definition) is 2. The molecule has 0 bridgehead atoms. The van der Waals surface area contributed by atoms with Crippen molar-refractivity contribution in [2.45, 2.75) is 44.6 Å². The normalized spacial score (nSPS) is 20.1. The van der Waals surface area contributed by atoms with Crippen molar-refractivity contribution in [1.29, 1.82) is 0 Å². The molecule has 1 N–H and O–H groups in total. The highest BCUT2D eigenvalue weighted by Crippen LogP contribution is 2.22. The maximum atomic E-state index is 12.0. The van der Waals surface area contributed by atoms with Crippen molar-refractivity contribution in [3.63, 3.8) is 0 Å². The number of amides is 1. The van der Waals surface area contributed by atoms with Crippen molar-refractivity contribution in [3.05, 3.63) is 0 Å². The van der Waals surface area contributed by atoms with Crippen molar-refractivity contribution >= 4 is 21.8 Å². The summed E-state index contributed by atoms with van der Waals surface area (Å²) in [5.74, 6) is 0.435. The number of rotatable bonds is 5. The summed E-state index contributed by atoms with van der Waals surface area (Å²) in [6.45, 7) is 0.573. The molecule has 1 aliphatic carbocycles. The number of methoxy groups -OCH3 is 1. The van der Waals surface area contributed by atoms with Crippen LogP contribution in [0, 0.1) is 5.92 Å². The second-order valence-corrected chi connectivity index (χ2v) is 5.15. The van der Waals surface area contributed by atoms with Gasteiger partial charge in [0.2, 0.25) is 5.91 Å². The molecule has 0 spiro atoms. The Labute approximate surface area is 106 Å². The van der Waals surface area contributed by atoms with E-state index >= 15 is 0 Å². The minimum atomic E-state index is 0.0979. The molecule has 0 aromatic heterocycles. The molecule has 0 heterocycles. The first kappa shape index (κ1) is 14.0. The smallest absolute Gasteiger partial charge is 0.223 e. The second-order valence-electron chi connectivity index (χ2n) is 4.50. The topological polar surface area (TPSA) is 38.3 Å². The molecule has 16 heavy (non-hydrogen) atoms. The number of alkyl halides is 1. The molecule has 1 atom stereocenters. The summed E-state index contributed by atoms with van der Waals surface area (Å²) >= 11 is 3.39. The van der Waals surface area contributed by atoms with Crippen LogP contribution in [0.1, 0.15) is 38.5 Å². The summed E-state index contributed by atoms with van der Waals surface area (Å²) in [5.41, 5.74) is 0. The van der Waals surface area contributed by atoms with E-state index in [-0.39, 0.29) is 17.9 Å². The Hall–Kier alpha value is -0.0900. The molecular weight excluding hydrogens is 270 g/mol. The molecule has 0 radical (unpaired) electrons. The van der Waals surface area contributed by atoms with E-state index in [1.165, 1.54) is 25.7 Å². The third-order valence-electron chi connectivity index (χ3n) is 3.13. The molecule has 0 aliphatic heterocycles. The van der Waals surface area contributed by atoms with Gasteiger partial charge in [-0.3, -0.25) is 4.79 Å². The minimum absolute atomic E-state index is 0.0979. The number of ether oxygens (including phenoxy) is 1. The highest BCUT2D eigenvalue weighted by atomic mass is 79.9. The Morgan fingerprint density at radius 2 is 2.00 bits per heavy atom. The first-order chi connectivity index (χ1) is 7.77. The highest BCUT2D eigenvalue weighted by Gasteiger charge is 2.21. The van der Waals surface area contributed by atoms with Crippen molar-refractivity contribution in [3.8, 4) is 0 Å². The molecule has 1 fully saturated rings. The molecule has 3 nitrogen and oxygen atoms in total. The van der Waals surface area contributed by atoms with Crippen LogP contribution < -0.4 is 5.32 Å². The molecule has 4 heteroatoms. The average Bonchev–Trinajstić information content (AvgIpc) is 2.56. The van der Waals surface area contributed by atoms with Gasteiger partial charge in [-0.2, -0.15) is 0 Å². The lowest BCUT2D eigenvalue weighted by molar-refractivity contribution is -0.126. The summed E-state index contributed by atoms with van der Waals surface area (Å²) in [7, 11) is 1.66. The standard InChI is InChI=1S/C12H22BrNO2/c1-16-9-11(8-13)14-12(15)10-6-4-2-3-5-7-10/h10-11H,2-9H2,1H3,(H,14,15). The minimum Gasteiger partial charge on any atom is -0.383 e. The Morgan fingerprint density at radius 1 is 1.38 bits per heavy atom. The Kier molecular flexibility index (Phi) is 7.05. The van der Waals surface area contributed by atoms with Crippen LogP contribution in [-0.4, -0.2) is 31.0 Å². The third-order valence-corrected chi connectivity index (χ3v) is 3.91. The van der Waals surface area contributed by atoms with Crippen LogP contribution in [0.25, 0.3) is 0 Å². The Balaban J connectivity index is 2.36. The van der Waals surface area contributed by atoms with Crippen LogP contribution >= 0.6 is 15.9 Å². The quantitative estimate of drug-likeness (QED) is 0.624. The van der Waals surface area contributed by atoms with Crippen LogP contribution in [0.5, 0.6) is 0 Å². The molecule has 1 saturated carbocycles. The fraction of sp³-hybridized carbons (Fsp3) is 0.917. The summed E-state index contributed by atoms with van der Waals surface area (Å²) in [5, 5.41) is 3.80. The van der Waals surface area contributed by atoms with Gasteiger partial charge in [-0.05, 0) is 12.8 Å². The van der Waals surface area contributed by atoms with Crippen LogP contribution in [0.3, 0.4) is 0 Å². The third kappa shape index (κ3) is 4.83. The molecular formula is C12H22BrNO2. The number of halogens is 1. The zero-order valence-electron chi connectivity index (χ0n) is 10.0. The molecule has 1 rings (SSSR count). The van der Waals surface area contributed by atoms with Crippen LogP contribution in [0.2, 0.25) is 0 Å². The SMILES string of the molecule is COCC(CBr)NC(=O)C1CCCCCC1. The van der Waals surface area contributed by atoms with E-state index in [1.807, 2.05) is 0 Å². The lowest BCUT2D eigenvalue weighted by atomic mass is 9.99. The van der Waals surface area contributed by atoms with E-state index in [4.69, 9.17) is 4.74 Å². The summed E-state index contributed by atoms with van der Waals surface area (Å²) in [4.78, 5) is 12.0. The van der Waals surface area contributed by atoms with E-state index in [0.717, 1.165) is 18.2 Å². The van der Waals surface area contributed by atoms with Crippen molar-refractivity contribution < 1.29 is 9.53 Å². The number of hydrogen-bond donors (Lipinski definition) is 1. The average molecular weight is 292 g/mol. The molecule has 0 aromatic carbocycles. The summed E-state index contributed by atoms with van der Waals surface area (Å²) in [6, 6.07) is 0.0979. The van der Waals surface area contributed by atoms with Gasteiger partial charge < -0.3 is 10.1 Å². The van der Waals surface area contributed by atoms with E-state index in [0.29, 0.717) is 6.61 Å². The lowest BCUT2D eigenvalue weighted by Crippen LogP contribution is -2.42. The number of carbonyl (C=O) groups is 1. The van der Waals surface area contributed by atoms with Gasteiger partial charge in [0, 0.05) is 18.4 Å². The lowest BCUT2D eigenvalue weighted by Gasteiger charge is -2.19. The van der Waals surface area contributed by atoms with Crippen molar-refractivity contribution in [1.82, 2.24) is 5.32 Å². The van der Waals surface area contributed by atoms with Gasteiger partial charge in [0.05, 0.1) is 12.6 Å². The van der Waals surface area contributed by atoms with Crippen molar-refractivity contribution in [2.75, 3.05) is 19.0 Å². The molecule has 1 unspecified atom stereocenters. The summed E-state index contributed by atoms with van der Waals surface area (Å²) < 4.78 is 5.06. The predicted octanol–water partition coefficient (Wildman–Crippen LogP) is 2.48. The fourth-order valence-electron chi connectivity index (χ4n) is 2.19. The Morgan fingerprint density at radius 3 is 2.50 bits per heavy atom. The Bertz CT molecular complexity index is 203. The predicted molar refractivity (Wildman–Crippen MR) is 68.8 cm³/mol. The first-order valence-corrected chi connectivity index (χ1v) is 7.25. The van der Waals surface area contributed by atoms with Gasteiger partial charge in [-0.25, -0.2) is 0 Å². The van der Waals surface area contributed by atoms with Gasteiger partial charge in [-0.1, -0.05) is 41.6 Å². The van der Waals surface area contributed by atoms with Crippen LogP contribution in [0.15, 0.2) is 0 Å². The zero-order chi connectivity index (χ0) is 11.8. The van der Waals surface area contributed by atoms with E-state index in [9.17, 15) is 4.79 Å². The first-order valence-electron chi connectivity index (χ1n) is 6.13. The number of carbonyl (C=O) groups excluding carboxylic acids is 1. The van der Waals surface area contributed by atoms with Gasteiger partial charge >= 0.3 is 0 Å². The van der Waals surface area contributed by atoms with Gasteiger partial charge in [0.15, 0.2) is 0 Å². The molecule has 1 aliphatic rings. The van der Waals surface area contributed by atoms with Gasteiger partial charge in [0.25, 0.3) is 0 Å². The summed E-state index contributed by atoms with van der Waals surface area (Å²) in [6.07, 6.45) is 7.05. The van der Waals surface area contributed by atoms with Gasteiger partial charge in [0.1, 0.15) is 0 Å². The maximum absolute atomic E-state index is 12.0. The monoisotopic (exact) mass is 291 g/mol. The van der Waals surface area contributed by atoms with E-state index in [2.05, 4.69) is 21.2 Å². The molecule has 0 aromatic rings. The van der Waals surface area contributed by atoms with Crippen molar-refractivity contribution in [2.24, 2.45) is 5.92 Å².